The average Bonchev–Trinajstić information content (AvgIpc) is 2.76. The molecule has 0 saturated heterocycles. The molecule has 2 heterocycles. The average molecular weight is 290 g/mol. The van der Waals surface area contributed by atoms with Gasteiger partial charge in [0.25, 0.3) is 0 Å². The van der Waals surface area contributed by atoms with Gasteiger partial charge in [-0.2, -0.15) is 0 Å². The molecule has 0 aliphatic rings. The number of nitrogens with zero attached hydrogens (tertiary/aromatic N) is 2. The number of fused-ring (bicyclic) bond motifs is 1. The van der Waals surface area contributed by atoms with Gasteiger partial charge in [-0.15, -0.1) is 0 Å². The van der Waals surface area contributed by atoms with Crippen molar-refractivity contribution in [3.63, 3.8) is 0 Å². The first-order valence-corrected chi connectivity index (χ1v) is 6.62. The van der Waals surface area contributed by atoms with Gasteiger partial charge in [-0.3, -0.25) is 4.98 Å². The summed E-state index contributed by atoms with van der Waals surface area (Å²) < 4.78 is 15.2. The third kappa shape index (κ3) is 2.40. The maximum atomic E-state index is 13.2. The fourth-order valence-corrected chi connectivity index (χ4v) is 2.54. The van der Waals surface area contributed by atoms with Crippen LogP contribution in [0.15, 0.2) is 42.9 Å². The molecular formula is C15H13ClFN3. The number of rotatable bonds is 3. The van der Waals surface area contributed by atoms with Crippen LogP contribution in [0.3, 0.4) is 0 Å². The third-order valence-corrected chi connectivity index (χ3v) is 3.50. The van der Waals surface area contributed by atoms with Crippen molar-refractivity contribution in [1.29, 1.82) is 0 Å². The predicted molar refractivity (Wildman–Crippen MR) is 78.1 cm³/mol. The number of hydrogen-bond acceptors (Lipinski definition) is 2. The zero-order valence-corrected chi connectivity index (χ0v) is 11.4. The second-order valence-electron chi connectivity index (χ2n) is 4.66. The second kappa shape index (κ2) is 5.23. The Hall–Kier alpha value is -1.91. The lowest BCUT2D eigenvalue weighted by Gasteiger charge is -2.05. The molecule has 1 aromatic carbocycles. The van der Waals surface area contributed by atoms with Crippen LogP contribution >= 0.6 is 11.6 Å². The zero-order chi connectivity index (χ0) is 14.1. The molecule has 0 bridgehead atoms. The van der Waals surface area contributed by atoms with Gasteiger partial charge in [0.1, 0.15) is 5.82 Å². The molecule has 2 N–H and O–H groups in total. The van der Waals surface area contributed by atoms with Crippen LogP contribution in [-0.2, 0) is 13.1 Å². The molecule has 0 atom stereocenters. The van der Waals surface area contributed by atoms with Crippen LogP contribution in [-0.4, -0.2) is 9.55 Å². The van der Waals surface area contributed by atoms with E-state index in [-0.39, 0.29) is 5.82 Å². The Morgan fingerprint density at radius 2 is 2.10 bits per heavy atom. The molecule has 0 fully saturated rings. The quantitative estimate of drug-likeness (QED) is 0.804. The van der Waals surface area contributed by atoms with Crippen LogP contribution in [0, 0.1) is 5.82 Å². The Balaban J connectivity index is 2.09. The smallest absolute Gasteiger partial charge is 0.141 e. The van der Waals surface area contributed by atoms with Gasteiger partial charge in [0.05, 0.1) is 11.7 Å². The standard InChI is InChI=1S/C15H13ClFN3/c16-12-1-2-14-11(5-18)9-20(15(14)4-12)8-10-3-13(17)7-19-6-10/h1-4,6-7,9H,5,8,18H2. The summed E-state index contributed by atoms with van der Waals surface area (Å²) in [5, 5.41) is 1.74. The minimum absolute atomic E-state index is 0.337. The summed E-state index contributed by atoms with van der Waals surface area (Å²) in [6, 6.07) is 7.17. The number of pyridine rings is 1. The molecule has 2 aromatic heterocycles. The van der Waals surface area contributed by atoms with E-state index in [2.05, 4.69) is 4.98 Å². The van der Waals surface area contributed by atoms with E-state index in [9.17, 15) is 4.39 Å². The van der Waals surface area contributed by atoms with Gasteiger partial charge in [-0.05, 0) is 29.3 Å². The van der Waals surface area contributed by atoms with Gasteiger partial charge < -0.3 is 10.3 Å². The number of hydrogen-bond donors (Lipinski definition) is 1. The molecular weight excluding hydrogens is 277 g/mol. The van der Waals surface area contributed by atoms with Crippen LogP contribution in [0.1, 0.15) is 11.1 Å². The zero-order valence-electron chi connectivity index (χ0n) is 10.7. The molecule has 20 heavy (non-hydrogen) atoms. The molecule has 0 radical (unpaired) electrons. The molecule has 3 aromatic rings. The summed E-state index contributed by atoms with van der Waals surface area (Å²) in [5.74, 6) is -0.337. The molecule has 0 aliphatic carbocycles. The molecule has 0 aliphatic heterocycles. The predicted octanol–water partition coefficient (Wildman–Crippen LogP) is 3.34. The van der Waals surface area contributed by atoms with Gasteiger partial charge in [0.2, 0.25) is 0 Å². The van der Waals surface area contributed by atoms with Crippen molar-refractivity contribution in [3.8, 4) is 0 Å². The maximum absolute atomic E-state index is 13.2. The van der Waals surface area contributed by atoms with Crippen LogP contribution in [0.25, 0.3) is 10.9 Å². The van der Waals surface area contributed by atoms with Crippen molar-refractivity contribution in [3.05, 3.63) is 64.8 Å². The second-order valence-corrected chi connectivity index (χ2v) is 5.10. The topological polar surface area (TPSA) is 43.8 Å². The van der Waals surface area contributed by atoms with Gasteiger partial charge in [-0.25, -0.2) is 4.39 Å². The highest BCUT2D eigenvalue weighted by Crippen LogP contribution is 2.25. The van der Waals surface area contributed by atoms with Crippen molar-refractivity contribution in [1.82, 2.24) is 9.55 Å². The van der Waals surface area contributed by atoms with Gasteiger partial charge >= 0.3 is 0 Å². The van der Waals surface area contributed by atoms with Crippen molar-refractivity contribution in [2.45, 2.75) is 13.1 Å². The Morgan fingerprint density at radius 3 is 2.85 bits per heavy atom. The van der Waals surface area contributed by atoms with E-state index < -0.39 is 0 Å². The third-order valence-electron chi connectivity index (χ3n) is 3.26. The van der Waals surface area contributed by atoms with Crippen molar-refractivity contribution >= 4 is 22.5 Å². The Bertz CT molecular complexity index is 767. The summed E-state index contributed by atoms with van der Waals surface area (Å²) in [4.78, 5) is 3.87. The maximum Gasteiger partial charge on any atom is 0.141 e. The minimum atomic E-state index is -0.337. The molecule has 5 heteroatoms. The van der Waals surface area contributed by atoms with Crippen LogP contribution < -0.4 is 5.73 Å². The minimum Gasteiger partial charge on any atom is -0.343 e. The number of aromatic nitrogens is 2. The molecule has 0 unspecified atom stereocenters. The van der Waals surface area contributed by atoms with E-state index in [4.69, 9.17) is 17.3 Å². The van der Waals surface area contributed by atoms with E-state index >= 15 is 0 Å². The lowest BCUT2D eigenvalue weighted by atomic mass is 10.2. The van der Waals surface area contributed by atoms with E-state index in [1.54, 1.807) is 6.20 Å². The largest absolute Gasteiger partial charge is 0.343 e. The number of benzene rings is 1. The van der Waals surface area contributed by atoms with Crippen LogP contribution in [0.5, 0.6) is 0 Å². The summed E-state index contributed by atoms with van der Waals surface area (Å²) in [5.41, 5.74) is 8.59. The fraction of sp³-hybridized carbons (Fsp3) is 0.133. The van der Waals surface area contributed by atoms with Crippen LogP contribution in [0.2, 0.25) is 5.02 Å². The lowest BCUT2D eigenvalue weighted by Crippen LogP contribution is -1.99. The van der Waals surface area contributed by atoms with Gasteiger partial charge in [-0.1, -0.05) is 17.7 Å². The van der Waals surface area contributed by atoms with Gasteiger partial charge in [0, 0.05) is 35.9 Å². The monoisotopic (exact) mass is 289 g/mol. The highest BCUT2D eigenvalue weighted by atomic mass is 35.5. The first-order chi connectivity index (χ1) is 9.67. The highest BCUT2D eigenvalue weighted by Gasteiger charge is 2.09. The van der Waals surface area contributed by atoms with Crippen molar-refractivity contribution in [2.75, 3.05) is 0 Å². The van der Waals surface area contributed by atoms with Crippen molar-refractivity contribution in [2.24, 2.45) is 5.73 Å². The molecule has 3 rings (SSSR count). The molecule has 0 spiro atoms. The SMILES string of the molecule is NCc1cn(Cc2cncc(F)c2)c2cc(Cl)ccc12. The van der Waals surface area contributed by atoms with Gasteiger partial charge in [0.15, 0.2) is 0 Å². The Labute approximate surface area is 120 Å². The fourth-order valence-electron chi connectivity index (χ4n) is 2.37. The Morgan fingerprint density at radius 1 is 1.25 bits per heavy atom. The molecule has 3 nitrogen and oxygen atoms in total. The first-order valence-electron chi connectivity index (χ1n) is 6.24. The highest BCUT2D eigenvalue weighted by molar-refractivity contribution is 6.31. The van der Waals surface area contributed by atoms with Crippen LogP contribution in [0.4, 0.5) is 4.39 Å². The summed E-state index contributed by atoms with van der Waals surface area (Å²) in [6.45, 7) is 0.980. The summed E-state index contributed by atoms with van der Waals surface area (Å²) in [7, 11) is 0. The normalized spacial score (nSPS) is 11.2. The lowest BCUT2D eigenvalue weighted by molar-refractivity contribution is 0.616. The van der Waals surface area contributed by atoms with Crippen molar-refractivity contribution < 1.29 is 4.39 Å². The first kappa shape index (κ1) is 13.1. The van der Waals surface area contributed by atoms with E-state index in [1.807, 2.05) is 29.0 Å². The van der Waals surface area contributed by atoms with E-state index in [1.165, 1.54) is 12.3 Å². The molecule has 102 valence electrons. The number of nitrogens with two attached hydrogens (primary N) is 1. The summed E-state index contributed by atoms with van der Waals surface area (Å²) in [6.07, 6.45) is 4.83. The van der Waals surface area contributed by atoms with E-state index in [0.717, 1.165) is 22.0 Å². The molecule has 0 amide bonds. The summed E-state index contributed by atoms with van der Waals surface area (Å²) >= 11 is 6.05. The number of halogens is 2. The Kier molecular flexibility index (Phi) is 3.42. The molecule has 0 saturated carbocycles. The van der Waals surface area contributed by atoms with E-state index in [0.29, 0.717) is 18.1 Å².